The number of carboxylic acid groups (broad SMARTS) is 1. The van der Waals surface area contributed by atoms with Crippen LogP contribution < -0.4 is 0 Å². The van der Waals surface area contributed by atoms with Gasteiger partial charge in [0.05, 0.1) is 5.92 Å². The summed E-state index contributed by atoms with van der Waals surface area (Å²) >= 11 is 0. The maximum absolute atomic E-state index is 12.8. The minimum Gasteiger partial charge on any atom is -0.481 e. The van der Waals surface area contributed by atoms with Crippen LogP contribution in [0.5, 0.6) is 0 Å². The first-order chi connectivity index (χ1) is 10.6. The number of aliphatic carboxylic acids is 1. The molecule has 2 atom stereocenters. The normalized spacial score (nSPS) is 22.0. The third-order valence-electron chi connectivity index (χ3n) is 3.62. The summed E-state index contributed by atoms with van der Waals surface area (Å²) in [5.41, 5.74) is -0.349. The van der Waals surface area contributed by atoms with Crippen molar-refractivity contribution >= 4 is 11.9 Å². The van der Waals surface area contributed by atoms with Crippen LogP contribution in [-0.4, -0.2) is 44.9 Å². The van der Waals surface area contributed by atoms with Crippen LogP contribution >= 0.6 is 0 Å². The molecule has 1 aromatic heterocycles. The SMILES string of the molecule is Cc1cc(C(=O)N2CC(C)CC(C(=O)O)C2)nc(C(F)(F)F)n1. The summed E-state index contributed by atoms with van der Waals surface area (Å²) in [6, 6.07) is 1.17. The summed E-state index contributed by atoms with van der Waals surface area (Å²) in [5.74, 6) is -3.89. The number of carbonyl (C=O) groups excluding carboxylic acids is 1. The lowest BCUT2D eigenvalue weighted by Crippen LogP contribution is -2.45. The van der Waals surface area contributed by atoms with E-state index in [4.69, 9.17) is 5.11 Å². The fraction of sp³-hybridized carbons (Fsp3) is 0.571. The van der Waals surface area contributed by atoms with Gasteiger partial charge in [-0.15, -0.1) is 0 Å². The highest BCUT2D eigenvalue weighted by atomic mass is 19.4. The van der Waals surface area contributed by atoms with Gasteiger partial charge in [-0.1, -0.05) is 6.92 Å². The first-order valence-electron chi connectivity index (χ1n) is 7.03. The van der Waals surface area contributed by atoms with Crippen molar-refractivity contribution in [2.45, 2.75) is 26.4 Å². The van der Waals surface area contributed by atoms with Crippen molar-refractivity contribution in [2.75, 3.05) is 13.1 Å². The van der Waals surface area contributed by atoms with Crippen LogP contribution in [0.1, 0.15) is 35.4 Å². The number of hydrogen-bond donors (Lipinski definition) is 1. The molecular formula is C14H16F3N3O3. The number of aromatic nitrogens is 2. The molecule has 1 saturated heterocycles. The van der Waals surface area contributed by atoms with Gasteiger partial charge in [0.15, 0.2) is 0 Å². The molecule has 2 heterocycles. The fourth-order valence-corrected chi connectivity index (χ4v) is 2.66. The second-order valence-corrected chi connectivity index (χ2v) is 5.80. The standard InChI is InChI=1S/C14H16F3N3O3/c1-7-3-9(12(22)23)6-20(5-7)11(21)10-4-8(2)18-13(19-10)14(15,16)17/h4,7,9H,3,5-6H2,1-2H3,(H,22,23). The Morgan fingerprint density at radius 3 is 2.52 bits per heavy atom. The van der Waals surface area contributed by atoms with Crippen molar-refractivity contribution in [3.05, 3.63) is 23.3 Å². The lowest BCUT2D eigenvalue weighted by Gasteiger charge is -2.34. The zero-order chi connectivity index (χ0) is 17.4. The number of carboxylic acids is 1. The molecule has 2 rings (SSSR count). The lowest BCUT2D eigenvalue weighted by atomic mass is 9.90. The first-order valence-corrected chi connectivity index (χ1v) is 7.03. The van der Waals surface area contributed by atoms with E-state index in [9.17, 15) is 22.8 Å². The molecule has 0 bridgehead atoms. The van der Waals surface area contributed by atoms with E-state index in [1.807, 2.05) is 0 Å². The van der Waals surface area contributed by atoms with Gasteiger partial charge < -0.3 is 10.0 Å². The van der Waals surface area contributed by atoms with Crippen molar-refractivity contribution in [1.29, 1.82) is 0 Å². The van der Waals surface area contributed by atoms with Gasteiger partial charge >= 0.3 is 12.1 Å². The van der Waals surface area contributed by atoms with E-state index in [1.165, 1.54) is 17.9 Å². The molecular weight excluding hydrogens is 315 g/mol. The Hall–Kier alpha value is -2.19. The lowest BCUT2D eigenvalue weighted by molar-refractivity contribution is -0.145. The Balaban J connectivity index is 2.29. The van der Waals surface area contributed by atoms with Crippen molar-refractivity contribution in [2.24, 2.45) is 11.8 Å². The predicted octanol–water partition coefficient (Wildman–Crippen LogP) is 1.99. The zero-order valence-corrected chi connectivity index (χ0v) is 12.6. The van der Waals surface area contributed by atoms with E-state index in [2.05, 4.69) is 9.97 Å². The Bertz CT molecular complexity index is 633. The number of aryl methyl sites for hydroxylation is 1. The number of likely N-dealkylation sites (tertiary alicyclic amines) is 1. The number of amides is 1. The Labute approximate surface area is 130 Å². The van der Waals surface area contributed by atoms with Gasteiger partial charge in [-0.05, 0) is 25.3 Å². The second-order valence-electron chi connectivity index (χ2n) is 5.80. The van der Waals surface area contributed by atoms with Crippen LogP contribution in [0, 0.1) is 18.8 Å². The third-order valence-corrected chi connectivity index (χ3v) is 3.62. The molecule has 6 nitrogen and oxygen atoms in total. The van der Waals surface area contributed by atoms with Crippen molar-refractivity contribution in [3.8, 4) is 0 Å². The van der Waals surface area contributed by atoms with Crippen LogP contribution in [0.3, 0.4) is 0 Å². The van der Waals surface area contributed by atoms with Crippen LogP contribution in [0.25, 0.3) is 0 Å². The van der Waals surface area contributed by atoms with E-state index in [0.717, 1.165) is 0 Å². The summed E-state index contributed by atoms with van der Waals surface area (Å²) in [6.45, 7) is 3.38. The van der Waals surface area contributed by atoms with Crippen LogP contribution in [0.2, 0.25) is 0 Å². The summed E-state index contributed by atoms with van der Waals surface area (Å²) < 4.78 is 38.3. The van der Waals surface area contributed by atoms with Gasteiger partial charge in [0, 0.05) is 18.8 Å². The van der Waals surface area contributed by atoms with Gasteiger partial charge in [-0.25, -0.2) is 9.97 Å². The van der Waals surface area contributed by atoms with E-state index in [0.29, 0.717) is 6.42 Å². The average molecular weight is 331 g/mol. The molecule has 126 valence electrons. The van der Waals surface area contributed by atoms with E-state index < -0.39 is 29.8 Å². The van der Waals surface area contributed by atoms with Gasteiger partial charge in [0.25, 0.3) is 5.91 Å². The summed E-state index contributed by atoms with van der Waals surface area (Å²) in [4.78, 5) is 31.4. The average Bonchev–Trinajstić information content (AvgIpc) is 2.44. The predicted molar refractivity (Wildman–Crippen MR) is 72.6 cm³/mol. The zero-order valence-electron chi connectivity index (χ0n) is 12.6. The van der Waals surface area contributed by atoms with E-state index in [1.54, 1.807) is 6.92 Å². The maximum atomic E-state index is 12.8. The highest BCUT2D eigenvalue weighted by Crippen LogP contribution is 2.27. The van der Waals surface area contributed by atoms with E-state index >= 15 is 0 Å². The number of halogens is 3. The molecule has 0 spiro atoms. The second kappa shape index (κ2) is 6.13. The van der Waals surface area contributed by atoms with Gasteiger partial charge in [0.1, 0.15) is 5.69 Å². The molecule has 2 unspecified atom stereocenters. The minimum atomic E-state index is -4.75. The number of hydrogen-bond acceptors (Lipinski definition) is 4. The Morgan fingerprint density at radius 2 is 1.96 bits per heavy atom. The quantitative estimate of drug-likeness (QED) is 0.896. The fourth-order valence-electron chi connectivity index (χ4n) is 2.66. The van der Waals surface area contributed by atoms with Gasteiger partial charge in [-0.3, -0.25) is 9.59 Å². The molecule has 1 amide bonds. The molecule has 0 saturated carbocycles. The largest absolute Gasteiger partial charge is 0.481 e. The maximum Gasteiger partial charge on any atom is 0.451 e. The summed E-state index contributed by atoms with van der Waals surface area (Å²) in [6.07, 6.45) is -4.32. The van der Waals surface area contributed by atoms with Crippen LogP contribution in [-0.2, 0) is 11.0 Å². The molecule has 1 aliphatic rings. The molecule has 1 aliphatic heterocycles. The first kappa shape index (κ1) is 17.2. The minimum absolute atomic E-state index is 0.0236. The molecule has 23 heavy (non-hydrogen) atoms. The molecule has 1 N–H and O–H groups in total. The van der Waals surface area contributed by atoms with Crippen molar-refractivity contribution in [3.63, 3.8) is 0 Å². The van der Waals surface area contributed by atoms with Crippen LogP contribution in [0.15, 0.2) is 6.07 Å². The van der Waals surface area contributed by atoms with E-state index in [-0.39, 0.29) is 30.4 Å². The summed E-state index contributed by atoms with van der Waals surface area (Å²) in [7, 11) is 0. The Kier molecular flexibility index (Phi) is 4.58. The van der Waals surface area contributed by atoms with Crippen molar-refractivity contribution in [1.82, 2.24) is 14.9 Å². The molecule has 0 aromatic carbocycles. The highest BCUT2D eigenvalue weighted by molar-refractivity contribution is 5.92. The van der Waals surface area contributed by atoms with Crippen molar-refractivity contribution < 1.29 is 27.9 Å². The van der Waals surface area contributed by atoms with Crippen LogP contribution in [0.4, 0.5) is 13.2 Å². The Morgan fingerprint density at radius 1 is 1.30 bits per heavy atom. The number of piperidine rings is 1. The topological polar surface area (TPSA) is 83.4 Å². The number of carbonyl (C=O) groups is 2. The molecule has 0 aliphatic carbocycles. The third kappa shape index (κ3) is 3.96. The van der Waals surface area contributed by atoms with Gasteiger partial charge in [0.2, 0.25) is 5.82 Å². The molecule has 1 fully saturated rings. The molecule has 1 aromatic rings. The molecule has 9 heteroatoms. The summed E-state index contributed by atoms with van der Waals surface area (Å²) in [5, 5.41) is 9.11. The monoisotopic (exact) mass is 331 g/mol. The number of rotatable bonds is 2. The number of nitrogens with zero attached hydrogens (tertiary/aromatic N) is 3. The highest BCUT2D eigenvalue weighted by Gasteiger charge is 2.37. The molecule has 0 radical (unpaired) electrons. The smallest absolute Gasteiger partial charge is 0.451 e. The van der Waals surface area contributed by atoms with Gasteiger partial charge in [-0.2, -0.15) is 13.2 Å². The number of alkyl halides is 3.